The monoisotopic (exact) mass is 250 g/mol. The Bertz CT molecular complexity index is 452. The summed E-state index contributed by atoms with van der Waals surface area (Å²) >= 11 is 0. The molecule has 0 radical (unpaired) electrons. The fraction of sp³-hybridized carbons (Fsp3) is 0.571. The van der Waals surface area contributed by atoms with E-state index in [0.29, 0.717) is 5.75 Å². The SMILES string of the molecule is CC1(C)c2cc(O)ccc2O[C@H]1[NH+]1CCOCC1. The summed E-state index contributed by atoms with van der Waals surface area (Å²) in [6, 6.07) is 5.38. The van der Waals surface area contributed by atoms with Gasteiger partial charge in [-0.05, 0) is 32.0 Å². The topological polar surface area (TPSA) is 43.1 Å². The van der Waals surface area contributed by atoms with Crippen LogP contribution in [0.25, 0.3) is 0 Å². The van der Waals surface area contributed by atoms with Gasteiger partial charge in [-0.3, -0.25) is 4.90 Å². The molecule has 0 amide bonds. The van der Waals surface area contributed by atoms with Crippen LogP contribution in [0, 0.1) is 0 Å². The molecule has 1 saturated heterocycles. The Morgan fingerprint density at radius 1 is 1.28 bits per heavy atom. The molecular formula is C14H20NO3+. The Morgan fingerprint density at radius 3 is 2.72 bits per heavy atom. The van der Waals surface area contributed by atoms with Crippen molar-refractivity contribution >= 4 is 0 Å². The molecule has 0 saturated carbocycles. The van der Waals surface area contributed by atoms with E-state index < -0.39 is 0 Å². The van der Waals surface area contributed by atoms with Crippen LogP contribution in [-0.4, -0.2) is 37.6 Å². The van der Waals surface area contributed by atoms with Gasteiger partial charge in [-0.1, -0.05) is 0 Å². The standard InChI is InChI=1S/C14H19NO3/c1-14(2)11-9-10(16)3-4-12(11)18-13(14)15-5-7-17-8-6-15/h3-4,9,13,16H,5-8H2,1-2H3/p+1/t13-/m1/s1. The Hall–Kier alpha value is -1.26. The summed E-state index contributed by atoms with van der Waals surface area (Å²) in [7, 11) is 0. The molecule has 0 unspecified atom stereocenters. The van der Waals surface area contributed by atoms with Crippen molar-refractivity contribution < 1.29 is 19.5 Å². The summed E-state index contributed by atoms with van der Waals surface area (Å²) in [5.74, 6) is 1.21. The fourth-order valence-electron chi connectivity index (χ4n) is 3.03. The highest BCUT2D eigenvalue weighted by atomic mass is 16.5. The normalized spacial score (nSPS) is 26.7. The number of hydrogen-bond acceptors (Lipinski definition) is 3. The molecule has 0 spiro atoms. The van der Waals surface area contributed by atoms with Crippen LogP contribution >= 0.6 is 0 Å². The van der Waals surface area contributed by atoms with Crippen molar-refractivity contribution in [2.24, 2.45) is 0 Å². The van der Waals surface area contributed by atoms with E-state index in [1.165, 1.54) is 4.90 Å². The van der Waals surface area contributed by atoms with Crippen molar-refractivity contribution in [3.8, 4) is 11.5 Å². The number of nitrogens with one attached hydrogen (secondary N) is 1. The average Bonchev–Trinajstić information content (AvgIpc) is 2.63. The lowest BCUT2D eigenvalue weighted by molar-refractivity contribution is -0.954. The molecule has 4 heteroatoms. The van der Waals surface area contributed by atoms with Gasteiger partial charge in [0.25, 0.3) is 0 Å². The lowest BCUT2D eigenvalue weighted by Crippen LogP contribution is -3.19. The van der Waals surface area contributed by atoms with Crippen LogP contribution in [0.3, 0.4) is 0 Å². The summed E-state index contributed by atoms with van der Waals surface area (Å²) < 4.78 is 11.5. The first kappa shape index (κ1) is 11.8. The van der Waals surface area contributed by atoms with Gasteiger partial charge in [0.1, 0.15) is 24.6 Å². The maximum Gasteiger partial charge on any atom is 0.241 e. The number of hydrogen-bond donors (Lipinski definition) is 2. The Kier molecular flexibility index (Phi) is 2.72. The van der Waals surface area contributed by atoms with E-state index in [9.17, 15) is 5.11 Å². The number of fused-ring (bicyclic) bond motifs is 1. The lowest BCUT2D eigenvalue weighted by atomic mass is 9.83. The first-order chi connectivity index (χ1) is 8.59. The minimum absolute atomic E-state index is 0.0826. The van der Waals surface area contributed by atoms with E-state index in [2.05, 4.69) is 13.8 Å². The van der Waals surface area contributed by atoms with Crippen molar-refractivity contribution in [3.63, 3.8) is 0 Å². The molecule has 2 aliphatic heterocycles. The second-order valence-corrected chi connectivity index (χ2v) is 5.67. The van der Waals surface area contributed by atoms with Gasteiger partial charge >= 0.3 is 0 Å². The third-order valence-electron chi connectivity index (χ3n) is 4.06. The van der Waals surface area contributed by atoms with E-state index >= 15 is 0 Å². The van der Waals surface area contributed by atoms with Crippen molar-refractivity contribution in [2.75, 3.05) is 26.3 Å². The zero-order valence-corrected chi connectivity index (χ0v) is 10.9. The van der Waals surface area contributed by atoms with Crippen molar-refractivity contribution in [1.82, 2.24) is 0 Å². The summed E-state index contributed by atoms with van der Waals surface area (Å²) in [5.41, 5.74) is 1.02. The van der Waals surface area contributed by atoms with Crippen LogP contribution < -0.4 is 9.64 Å². The average molecular weight is 250 g/mol. The first-order valence-electron chi connectivity index (χ1n) is 6.51. The predicted molar refractivity (Wildman–Crippen MR) is 67.1 cm³/mol. The molecule has 1 aromatic carbocycles. The minimum Gasteiger partial charge on any atom is -0.508 e. The zero-order valence-electron chi connectivity index (χ0n) is 10.9. The molecule has 0 aliphatic carbocycles. The van der Waals surface area contributed by atoms with Crippen molar-refractivity contribution in [1.29, 1.82) is 0 Å². The van der Waals surface area contributed by atoms with E-state index in [1.54, 1.807) is 6.07 Å². The predicted octanol–water partition coefficient (Wildman–Crippen LogP) is 0.303. The number of quaternary nitrogens is 1. The molecule has 2 N–H and O–H groups in total. The highest BCUT2D eigenvalue weighted by Crippen LogP contribution is 2.42. The zero-order chi connectivity index (χ0) is 12.8. The Labute approximate surface area is 107 Å². The summed E-state index contributed by atoms with van der Waals surface area (Å²) in [5, 5.41) is 9.64. The number of morpholine rings is 1. The van der Waals surface area contributed by atoms with Gasteiger partial charge in [-0.25, -0.2) is 0 Å². The highest BCUT2D eigenvalue weighted by molar-refractivity contribution is 5.47. The second kappa shape index (κ2) is 4.14. The molecule has 4 nitrogen and oxygen atoms in total. The molecule has 0 aromatic heterocycles. The molecule has 18 heavy (non-hydrogen) atoms. The van der Waals surface area contributed by atoms with Gasteiger partial charge in [0.15, 0.2) is 0 Å². The quantitative estimate of drug-likeness (QED) is 0.753. The van der Waals surface area contributed by atoms with E-state index in [4.69, 9.17) is 9.47 Å². The van der Waals surface area contributed by atoms with Gasteiger partial charge in [0, 0.05) is 5.56 Å². The maximum atomic E-state index is 9.64. The smallest absolute Gasteiger partial charge is 0.241 e. The first-order valence-corrected chi connectivity index (χ1v) is 6.51. The molecule has 1 fully saturated rings. The van der Waals surface area contributed by atoms with Crippen LogP contribution in [0.2, 0.25) is 0 Å². The number of phenolic OH excluding ortho intramolecular Hbond substituents is 1. The molecule has 1 aromatic rings. The highest BCUT2D eigenvalue weighted by Gasteiger charge is 2.48. The fourth-order valence-corrected chi connectivity index (χ4v) is 3.03. The molecule has 2 heterocycles. The summed E-state index contributed by atoms with van der Waals surface area (Å²) in [6.45, 7) is 7.93. The van der Waals surface area contributed by atoms with E-state index in [1.807, 2.05) is 12.1 Å². The van der Waals surface area contributed by atoms with Crippen LogP contribution in [0.15, 0.2) is 18.2 Å². The van der Waals surface area contributed by atoms with Gasteiger partial charge in [0.05, 0.1) is 18.6 Å². The molecular weight excluding hydrogens is 230 g/mol. The van der Waals surface area contributed by atoms with Gasteiger partial charge < -0.3 is 14.6 Å². The molecule has 2 aliphatic rings. The van der Waals surface area contributed by atoms with Crippen LogP contribution in [0.4, 0.5) is 0 Å². The lowest BCUT2D eigenvalue weighted by Gasteiger charge is -2.34. The van der Waals surface area contributed by atoms with Crippen molar-refractivity contribution in [2.45, 2.75) is 25.5 Å². The van der Waals surface area contributed by atoms with Gasteiger partial charge in [-0.15, -0.1) is 0 Å². The second-order valence-electron chi connectivity index (χ2n) is 5.67. The number of phenols is 1. The van der Waals surface area contributed by atoms with Gasteiger partial charge in [-0.2, -0.15) is 0 Å². The van der Waals surface area contributed by atoms with Crippen molar-refractivity contribution in [3.05, 3.63) is 23.8 Å². The third-order valence-corrected chi connectivity index (χ3v) is 4.06. The number of rotatable bonds is 1. The Balaban J connectivity index is 1.92. The van der Waals surface area contributed by atoms with E-state index in [-0.39, 0.29) is 11.6 Å². The molecule has 3 rings (SSSR count). The molecule has 0 bridgehead atoms. The van der Waals surface area contributed by atoms with E-state index in [0.717, 1.165) is 37.6 Å². The third kappa shape index (κ3) is 1.76. The number of benzene rings is 1. The summed E-state index contributed by atoms with van der Waals surface area (Å²) in [6.07, 6.45) is 0.109. The summed E-state index contributed by atoms with van der Waals surface area (Å²) in [4.78, 5) is 1.43. The van der Waals surface area contributed by atoms with Crippen LogP contribution in [-0.2, 0) is 10.2 Å². The minimum atomic E-state index is -0.0826. The molecule has 98 valence electrons. The van der Waals surface area contributed by atoms with Crippen LogP contribution in [0.1, 0.15) is 19.4 Å². The number of ether oxygens (including phenoxy) is 2. The number of aromatic hydroxyl groups is 1. The Morgan fingerprint density at radius 2 is 2.00 bits per heavy atom. The molecule has 1 atom stereocenters. The van der Waals surface area contributed by atoms with Crippen LogP contribution in [0.5, 0.6) is 11.5 Å². The largest absolute Gasteiger partial charge is 0.508 e. The van der Waals surface area contributed by atoms with Gasteiger partial charge in [0.2, 0.25) is 6.23 Å². The maximum absolute atomic E-state index is 9.64.